The van der Waals surface area contributed by atoms with Gasteiger partial charge in [0.15, 0.2) is 11.4 Å². The fourth-order valence-corrected chi connectivity index (χ4v) is 6.69. The molecule has 5 heterocycles. The largest absolute Gasteiger partial charge is 0.475 e. The van der Waals surface area contributed by atoms with Crippen molar-refractivity contribution in [3.8, 4) is 28.5 Å². The first-order valence-corrected chi connectivity index (χ1v) is 17.4. The molecule has 13 heteroatoms. The number of methoxy groups -OCH3 is 1. The van der Waals surface area contributed by atoms with E-state index < -0.39 is 5.60 Å². The summed E-state index contributed by atoms with van der Waals surface area (Å²) >= 11 is 0. The van der Waals surface area contributed by atoms with Crippen LogP contribution >= 0.6 is 0 Å². The summed E-state index contributed by atoms with van der Waals surface area (Å²) in [6.45, 7) is 9.05. The van der Waals surface area contributed by atoms with Crippen molar-refractivity contribution in [1.82, 2.24) is 39.7 Å². The van der Waals surface area contributed by atoms with Gasteiger partial charge in [-0.3, -0.25) is 24.3 Å². The second-order valence-electron chi connectivity index (χ2n) is 13.3. The minimum Gasteiger partial charge on any atom is -0.475 e. The monoisotopic (exact) mass is 689 g/mol. The normalized spacial score (nSPS) is 18.0. The number of nitrogens with one attached hydrogen (secondary N) is 2. The van der Waals surface area contributed by atoms with Crippen LogP contribution in [0.15, 0.2) is 73.2 Å². The van der Waals surface area contributed by atoms with Gasteiger partial charge >= 0.3 is 0 Å². The molecule has 1 fully saturated rings. The van der Waals surface area contributed by atoms with E-state index in [9.17, 15) is 9.59 Å². The van der Waals surface area contributed by atoms with Crippen LogP contribution in [0.3, 0.4) is 0 Å². The minimum atomic E-state index is -1.07. The maximum atomic E-state index is 13.7. The third-order valence-electron chi connectivity index (χ3n) is 9.60. The molecule has 0 saturated carbocycles. The minimum absolute atomic E-state index is 0.0293. The molecule has 0 bridgehead atoms. The summed E-state index contributed by atoms with van der Waals surface area (Å²) in [5.74, 6) is 1.07. The molecule has 2 aliphatic rings. The van der Waals surface area contributed by atoms with E-state index in [1.165, 1.54) is 5.57 Å². The quantitative estimate of drug-likeness (QED) is 0.195. The number of aryl methyl sites for hydroxylation is 1. The molecule has 1 saturated heterocycles. The average Bonchev–Trinajstić information content (AvgIpc) is 3.91. The summed E-state index contributed by atoms with van der Waals surface area (Å²) < 4.78 is 13.3. The van der Waals surface area contributed by atoms with Crippen LogP contribution in [-0.2, 0) is 20.9 Å². The molecule has 264 valence electrons. The number of carbonyl (C=O) groups is 2. The molecule has 0 spiro atoms. The van der Waals surface area contributed by atoms with E-state index >= 15 is 0 Å². The first-order chi connectivity index (χ1) is 24.7. The van der Waals surface area contributed by atoms with Gasteiger partial charge in [-0.25, -0.2) is 9.97 Å². The molecule has 0 aliphatic carbocycles. The molecule has 51 heavy (non-hydrogen) atoms. The number of nitrogens with zero attached hydrogens (tertiary/aromatic N) is 7. The van der Waals surface area contributed by atoms with Crippen molar-refractivity contribution in [1.29, 1.82) is 0 Å². The van der Waals surface area contributed by atoms with Gasteiger partial charge < -0.3 is 19.7 Å². The van der Waals surface area contributed by atoms with Crippen LogP contribution in [-0.4, -0.2) is 103 Å². The molecule has 0 unspecified atom stereocenters. The van der Waals surface area contributed by atoms with Gasteiger partial charge in [0.1, 0.15) is 12.0 Å². The lowest BCUT2D eigenvalue weighted by atomic mass is 9.98. The summed E-state index contributed by atoms with van der Waals surface area (Å²) in [4.78, 5) is 39.8. The average molecular weight is 690 g/mol. The number of benzene rings is 2. The Balaban J connectivity index is 0.950. The van der Waals surface area contributed by atoms with Crippen molar-refractivity contribution >= 4 is 34.0 Å². The molecule has 0 radical (unpaired) electrons. The summed E-state index contributed by atoms with van der Waals surface area (Å²) in [6.07, 6.45) is 6.89. The van der Waals surface area contributed by atoms with E-state index in [1.807, 2.05) is 77.7 Å². The maximum Gasteiger partial charge on any atom is 0.258 e. The van der Waals surface area contributed by atoms with E-state index in [0.29, 0.717) is 50.0 Å². The fraction of sp³-hybridized carbons (Fsp3) is 0.368. The SMILES string of the molecule is CCn1cnc(-c2ccc(C3=CCN(C(=O)CN4CC[C@@](OC)(C(=O)Nc5ccc6[nH]nc(-c7ccc(OC(C)C)nc7)c6c5)C4)CC3)cc2)n1. The van der Waals surface area contributed by atoms with Crippen LogP contribution in [0.25, 0.3) is 39.1 Å². The zero-order valence-electron chi connectivity index (χ0n) is 29.4. The predicted octanol–water partition coefficient (Wildman–Crippen LogP) is 5.04. The van der Waals surface area contributed by atoms with Crippen molar-refractivity contribution in [2.45, 2.75) is 51.9 Å². The molecule has 13 nitrogen and oxygen atoms in total. The molecule has 7 rings (SSSR count). The zero-order valence-corrected chi connectivity index (χ0v) is 29.4. The fourth-order valence-electron chi connectivity index (χ4n) is 6.69. The van der Waals surface area contributed by atoms with Gasteiger partial charge in [0.2, 0.25) is 11.8 Å². The molecule has 5 aromatic rings. The van der Waals surface area contributed by atoms with E-state index in [1.54, 1.807) is 19.6 Å². The van der Waals surface area contributed by atoms with Crippen LogP contribution in [0.2, 0.25) is 0 Å². The predicted molar refractivity (Wildman–Crippen MR) is 195 cm³/mol. The van der Waals surface area contributed by atoms with Gasteiger partial charge in [-0.15, -0.1) is 0 Å². The lowest BCUT2D eigenvalue weighted by Gasteiger charge is -2.30. The van der Waals surface area contributed by atoms with E-state index in [0.717, 1.165) is 46.3 Å². The van der Waals surface area contributed by atoms with Crippen LogP contribution in [0, 0.1) is 0 Å². The number of H-pyrrole nitrogens is 1. The lowest BCUT2D eigenvalue weighted by Crippen LogP contribution is -2.48. The lowest BCUT2D eigenvalue weighted by molar-refractivity contribution is -0.138. The topological polar surface area (TPSA) is 143 Å². The first kappa shape index (κ1) is 34.1. The van der Waals surface area contributed by atoms with Crippen LogP contribution in [0.1, 0.15) is 39.2 Å². The maximum absolute atomic E-state index is 13.7. The highest BCUT2D eigenvalue weighted by Gasteiger charge is 2.45. The number of ether oxygens (including phenoxy) is 2. The number of hydrogen-bond acceptors (Lipinski definition) is 9. The van der Waals surface area contributed by atoms with Crippen molar-refractivity contribution in [3.05, 3.63) is 78.8 Å². The summed E-state index contributed by atoms with van der Waals surface area (Å²) in [6, 6.07) is 17.6. The highest BCUT2D eigenvalue weighted by atomic mass is 16.5. The Morgan fingerprint density at radius 1 is 1.02 bits per heavy atom. The zero-order chi connectivity index (χ0) is 35.5. The Morgan fingerprint density at radius 2 is 1.82 bits per heavy atom. The number of aromatic nitrogens is 6. The summed E-state index contributed by atoms with van der Waals surface area (Å²) in [5.41, 5.74) is 5.29. The first-order valence-electron chi connectivity index (χ1n) is 17.4. The Bertz CT molecular complexity index is 2050. The Hall–Kier alpha value is -5.40. The molecule has 3 aromatic heterocycles. The smallest absolute Gasteiger partial charge is 0.258 e. The molecule has 2 amide bonds. The third kappa shape index (κ3) is 7.26. The van der Waals surface area contributed by atoms with Crippen molar-refractivity contribution < 1.29 is 19.1 Å². The van der Waals surface area contributed by atoms with Gasteiger partial charge in [0.25, 0.3) is 5.91 Å². The van der Waals surface area contributed by atoms with E-state index in [-0.39, 0.29) is 24.5 Å². The van der Waals surface area contributed by atoms with E-state index in [2.05, 4.69) is 48.8 Å². The second-order valence-corrected chi connectivity index (χ2v) is 13.3. The standard InChI is InChI=1S/C38H43N9O4/c1-5-47-24-40-36(44-47)28-8-6-26(7-9-28)27-14-17-46(18-15-27)34(48)22-45-19-16-38(23-45,50-4)37(49)41-30-11-12-32-31(20-30)35(43-42-32)29-10-13-33(39-21-29)51-25(2)3/h6-14,20-21,24-25H,5,15-19,22-23H2,1-4H3,(H,41,49)(H,42,43)/t38-/m0/s1. The Kier molecular flexibility index (Phi) is 9.65. The number of amides is 2. The highest BCUT2D eigenvalue weighted by Crippen LogP contribution is 2.32. The second kappa shape index (κ2) is 14.4. The van der Waals surface area contributed by atoms with Gasteiger partial charge in [0.05, 0.1) is 18.2 Å². The summed E-state index contributed by atoms with van der Waals surface area (Å²) in [7, 11) is 1.56. The number of fused-ring (bicyclic) bond motifs is 1. The third-order valence-corrected chi connectivity index (χ3v) is 9.60. The number of pyridine rings is 1. The van der Waals surface area contributed by atoms with E-state index in [4.69, 9.17) is 9.47 Å². The van der Waals surface area contributed by atoms with Crippen LogP contribution in [0.5, 0.6) is 5.88 Å². The van der Waals surface area contributed by atoms with Crippen molar-refractivity contribution in [3.63, 3.8) is 0 Å². The Morgan fingerprint density at radius 3 is 2.51 bits per heavy atom. The number of anilines is 1. The summed E-state index contributed by atoms with van der Waals surface area (Å²) in [5, 5.41) is 16.0. The van der Waals surface area contributed by atoms with Gasteiger partial charge in [-0.1, -0.05) is 30.3 Å². The van der Waals surface area contributed by atoms with Gasteiger partial charge in [-0.2, -0.15) is 10.2 Å². The molecule has 2 N–H and O–H groups in total. The molecule has 1 atom stereocenters. The van der Waals surface area contributed by atoms with Crippen molar-refractivity contribution in [2.24, 2.45) is 0 Å². The number of hydrogen-bond donors (Lipinski definition) is 2. The van der Waals surface area contributed by atoms with Gasteiger partial charge in [-0.05, 0) is 69.0 Å². The van der Waals surface area contributed by atoms with Crippen LogP contribution < -0.4 is 10.1 Å². The Labute approximate surface area is 296 Å². The van der Waals surface area contributed by atoms with Gasteiger partial charge in [0, 0.05) is 74.3 Å². The molecule has 2 aromatic carbocycles. The number of aromatic amines is 1. The molecule has 2 aliphatic heterocycles. The van der Waals surface area contributed by atoms with Crippen LogP contribution in [0.4, 0.5) is 5.69 Å². The number of carbonyl (C=O) groups excluding carboxylic acids is 2. The number of likely N-dealkylation sites (tertiary alicyclic amines) is 1. The van der Waals surface area contributed by atoms with Crippen molar-refractivity contribution in [2.75, 3.05) is 45.2 Å². The highest BCUT2D eigenvalue weighted by molar-refractivity contribution is 6.01. The molecular formula is C38H43N9O4. The molecular weight excluding hydrogens is 646 g/mol. The number of rotatable bonds is 11.